The highest BCUT2D eigenvalue weighted by Crippen LogP contribution is 2.50. The first-order valence-electron chi connectivity index (χ1n) is 9.99. The zero-order chi connectivity index (χ0) is 20.6. The molecule has 29 heavy (non-hydrogen) atoms. The minimum absolute atomic E-state index is 0.0134. The van der Waals surface area contributed by atoms with Gasteiger partial charge in [-0.1, -0.05) is 44.2 Å². The number of carbonyl (C=O) groups is 1. The number of ether oxygens (including phenoxy) is 1. The molecule has 0 bridgehead atoms. The molecule has 4 rings (SSSR count). The maximum atomic E-state index is 12.9. The predicted octanol–water partition coefficient (Wildman–Crippen LogP) is 3.89. The van der Waals surface area contributed by atoms with Crippen LogP contribution in [0.3, 0.4) is 0 Å². The van der Waals surface area contributed by atoms with Gasteiger partial charge < -0.3 is 20.2 Å². The summed E-state index contributed by atoms with van der Waals surface area (Å²) in [7, 11) is 0. The van der Waals surface area contributed by atoms with E-state index in [1.54, 1.807) is 6.07 Å². The van der Waals surface area contributed by atoms with Crippen molar-refractivity contribution >= 4 is 22.7 Å². The molecule has 0 saturated heterocycles. The second kappa shape index (κ2) is 7.28. The van der Waals surface area contributed by atoms with E-state index in [-0.39, 0.29) is 12.0 Å². The van der Waals surface area contributed by atoms with Gasteiger partial charge in [0.25, 0.3) is 0 Å². The smallest absolute Gasteiger partial charge is 0.245 e. The monoisotopic (exact) mass is 393 g/mol. The minimum atomic E-state index is -0.971. The number of fused-ring (bicyclic) bond motifs is 1. The third-order valence-corrected chi connectivity index (χ3v) is 6.12. The average Bonchev–Trinajstić information content (AvgIpc) is 3.09. The summed E-state index contributed by atoms with van der Waals surface area (Å²) in [6.45, 7) is 6.52. The number of nitrogens with two attached hydrogens (primary N) is 1. The number of anilines is 1. The highest BCUT2D eigenvalue weighted by Gasteiger charge is 2.62. The topological polar surface area (TPSA) is 90.4 Å². The highest BCUT2D eigenvalue weighted by atomic mass is 16.5. The van der Waals surface area contributed by atoms with E-state index in [0.717, 1.165) is 11.1 Å². The number of carbonyl (C=O) groups excluding carboxylic acids is 1. The van der Waals surface area contributed by atoms with E-state index in [2.05, 4.69) is 10.3 Å². The van der Waals surface area contributed by atoms with Crippen LogP contribution in [0.4, 0.5) is 5.69 Å². The Bertz CT molecular complexity index is 1030. The predicted molar refractivity (Wildman–Crippen MR) is 113 cm³/mol. The lowest BCUT2D eigenvalue weighted by Crippen LogP contribution is -2.74. The number of benzene rings is 2. The van der Waals surface area contributed by atoms with Gasteiger partial charge in [-0.25, -0.2) is 4.98 Å². The first-order valence-corrected chi connectivity index (χ1v) is 9.99. The van der Waals surface area contributed by atoms with Crippen molar-refractivity contribution in [3.8, 4) is 0 Å². The van der Waals surface area contributed by atoms with Crippen LogP contribution >= 0.6 is 0 Å². The zero-order valence-electron chi connectivity index (χ0n) is 17.1. The lowest BCUT2D eigenvalue weighted by Gasteiger charge is -2.57. The van der Waals surface area contributed by atoms with Crippen LogP contribution in [0.2, 0.25) is 0 Å². The largest absolute Gasteiger partial charge is 0.440 e. The van der Waals surface area contributed by atoms with Crippen molar-refractivity contribution in [2.75, 3.05) is 11.9 Å². The molecule has 3 aromatic rings. The molecule has 2 aromatic carbocycles. The Morgan fingerprint density at radius 1 is 1.28 bits per heavy atom. The van der Waals surface area contributed by atoms with Crippen LogP contribution in [-0.2, 0) is 16.0 Å². The molecular weight excluding hydrogens is 366 g/mol. The molecule has 1 aromatic heterocycles. The molecule has 1 aliphatic rings. The maximum Gasteiger partial charge on any atom is 0.245 e. The second-order valence-corrected chi connectivity index (χ2v) is 8.25. The maximum absolute atomic E-state index is 12.9. The van der Waals surface area contributed by atoms with Gasteiger partial charge >= 0.3 is 0 Å². The van der Waals surface area contributed by atoms with E-state index in [9.17, 15) is 4.79 Å². The molecule has 1 heterocycles. The van der Waals surface area contributed by atoms with Gasteiger partial charge in [0.05, 0.1) is 6.10 Å². The molecule has 2 unspecified atom stereocenters. The number of rotatable bonds is 6. The molecule has 0 aliphatic heterocycles. The van der Waals surface area contributed by atoms with Gasteiger partial charge in [0, 0.05) is 36.6 Å². The molecule has 1 saturated carbocycles. The van der Waals surface area contributed by atoms with Crippen molar-refractivity contribution in [3.63, 3.8) is 0 Å². The Balaban J connectivity index is 1.49. The van der Waals surface area contributed by atoms with Crippen LogP contribution in [-0.4, -0.2) is 29.1 Å². The minimum Gasteiger partial charge on any atom is -0.440 e. The molecule has 1 aliphatic carbocycles. The Morgan fingerprint density at radius 3 is 2.72 bits per heavy atom. The van der Waals surface area contributed by atoms with Gasteiger partial charge in [-0.2, -0.15) is 0 Å². The Labute approximate surface area is 170 Å². The molecule has 6 heteroatoms. The van der Waals surface area contributed by atoms with Gasteiger partial charge in [-0.3, -0.25) is 4.79 Å². The molecule has 152 valence electrons. The lowest BCUT2D eigenvalue weighted by molar-refractivity contribution is -0.166. The SMILES string of the molecule is CCOC1CC(N)(C(=O)Nc2ccc3nc(Cc4ccccc4)oc3c2)C1(C)C. The highest BCUT2D eigenvalue weighted by molar-refractivity contribution is 6.00. The summed E-state index contributed by atoms with van der Waals surface area (Å²) in [5, 5.41) is 2.95. The van der Waals surface area contributed by atoms with Crippen molar-refractivity contribution in [2.24, 2.45) is 11.1 Å². The summed E-state index contributed by atoms with van der Waals surface area (Å²) < 4.78 is 11.6. The first kappa shape index (κ1) is 19.6. The van der Waals surface area contributed by atoms with E-state index >= 15 is 0 Å². The number of hydrogen-bond acceptors (Lipinski definition) is 5. The Hall–Kier alpha value is -2.70. The van der Waals surface area contributed by atoms with Crippen molar-refractivity contribution in [1.82, 2.24) is 4.98 Å². The van der Waals surface area contributed by atoms with Crippen molar-refractivity contribution in [1.29, 1.82) is 0 Å². The fraction of sp³-hybridized carbons (Fsp3) is 0.391. The van der Waals surface area contributed by atoms with Crippen LogP contribution in [0.15, 0.2) is 52.9 Å². The quantitative estimate of drug-likeness (QED) is 0.663. The summed E-state index contributed by atoms with van der Waals surface area (Å²) in [4.78, 5) is 17.5. The standard InChI is InChI=1S/C23H27N3O3/c1-4-28-19-14-23(24,22(19,2)3)21(27)25-16-10-11-17-18(13-16)29-20(26-17)12-15-8-6-5-7-9-15/h5-11,13,19H,4,12,14,24H2,1-3H3,(H,25,27). The molecule has 0 spiro atoms. The Morgan fingerprint density at radius 2 is 2.03 bits per heavy atom. The summed E-state index contributed by atoms with van der Waals surface area (Å²) in [6.07, 6.45) is 1.11. The zero-order valence-corrected chi connectivity index (χ0v) is 17.1. The molecule has 6 nitrogen and oxygen atoms in total. The van der Waals surface area contributed by atoms with Crippen molar-refractivity contribution in [3.05, 3.63) is 60.0 Å². The van der Waals surface area contributed by atoms with Crippen LogP contribution < -0.4 is 11.1 Å². The van der Waals surface area contributed by atoms with E-state index < -0.39 is 11.0 Å². The Kier molecular flexibility index (Phi) is 4.92. The number of nitrogens with zero attached hydrogens (tertiary/aromatic N) is 1. The number of amides is 1. The summed E-state index contributed by atoms with van der Waals surface area (Å²) in [5.41, 5.74) is 8.24. The van der Waals surface area contributed by atoms with E-state index in [1.165, 1.54) is 0 Å². The molecule has 1 fully saturated rings. The van der Waals surface area contributed by atoms with Gasteiger partial charge in [-0.15, -0.1) is 0 Å². The average molecular weight is 393 g/mol. The summed E-state index contributed by atoms with van der Waals surface area (Å²) >= 11 is 0. The third kappa shape index (κ3) is 3.43. The molecule has 3 N–H and O–H groups in total. The lowest BCUT2D eigenvalue weighted by atomic mass is 9.54. The number of oxazole rings is 1. The fourth-order valence-corrected chi connectivity index (χ4v) is 3.96. The number of nitrogens with one attached hydrogen (secondary N) is 1. The van der Waals surface area contributed by atoms with Crippen molar-refractivity contribution in [2.45, 2.75) is 45.3 Å². The number of hydrogen-bond donors (Lipinski definition) is 2. The van der Waals surface area contributed by atoms with Gasteiger partial charge in [0.15, 0.2) is 11.5 Å². The molecule has 2 atom stereocenters. The van der Waals surface area contributed by atoms with E-state index in [1.807, 2.05) is 63.2 Å². The van der Waals surface area contributed by atoms with E-state index in [4.69, 9.17) is 14.9 Å². The summed E-state index contributed by atoms with van der Waals surface area (Å²) in [5.74, 6) is 0.437. The second-order valence-electron chi connectivity index (χ2n) is 8.25. The third-order valence-electron chi connectivity index (χ3n) is 6.12. The van der Waals surface area contributed by atoms with Gasteiger partial charge in [0.2, 0.25) is 5.91 Å². The normalized spacial score (nSPS) is 23.0. The van der Waals surface area contributed by atoms with Crippen LogP contribution in [0.25, 0.3) is 11.1 Å². The van der Waals surface area contributed by atoms with E-state index in [0.29, 0.717) is 36.6 Å². The fourth-order valence-electron chi connectivity index (χ4n) is 3.96. The molecule has 1 amide bonds. The van der Waals surface area contributed by atoms with Crippen molar-refractivity contribution < 1.29 is 13.9 Å². The van der Waals surface area contributed by atoms with Gasteiger partial charge in [-0.05, 0) is 24.6 Å². The number of aromatic nitrogens is 1. The van der Waals surface area contributed by atoms with Crippen LogP contribution in [0, 0.1) is 5.41 Å². The van der Waals surface area contributed by atoms with Crippen LogP contribution in [0.5, 0.6) is 0 Å². The molecule has 0 radical (unpaired) electrons. The van der Waals surface area contributed by atoms with Gasteiger partial charge in [0.1, 0.15) is 11.1 Å². The summed E-state index contributed by atoms with van der Waals surface area (Å²) in [6, 6.07) is 15.5. The first-order chi connectivity index (χ1) is 13.8. The molecular formula is C23H27N3O3. The van der Waals surface area contributed by atoms with Crippen LogP contribution in [0.1, 0.15) is 38.6 Å².